The van der Waals surface area contributed by atoms with E-state index < -0.39 is 6.93 Å². The summed E-state index contributed by atoms with van der Waals surface area (Å²) in [4.78, 5) is 0. The van der Waals surface area contributed by atoms with Crippen molar-refractivity contribution in [2.24, 2.45) is 0 Å². The minimum Gasteiger partial charge on any atom is -0.214 e. The van der Waals surface area contributed by atoms with Gasteiger partial charge in [-0.15, -0.1) is 0 Å². The molecule has 3 heteroatoms. The third kappa shape index (κ3) is 5.51. The van der Waals surface area contributed by atoms with Gasteiger partial charge in [-0.1, -0.05) is 29.8 Å². The summed E-state index contributed by atoms with van der Waals surface area (Å²) >= 11 is 5.54. The first-order chi connectivity index (χ1) is 4.81. The van der Waals surface area contributed by atoms with Gasteiger partial charge in [0.2, 0.25) is 6.93 Å². The molecule has 1 aromatic carbocycles. The lowest BCUT2D eigenvalue weighted by Gasteiger charge is -1.80. The second-order valence-electron chi connectivity index (χ2n) is 1.40. The summed E-state index contributed by atoms with van der Waals surface area (Å²) < 4.78 is 19.2. The molecule has 0 aromatic heterocycles. The summed E-state index contributed by atoms with van der Waals surface area (Å²) in [6.45, 7) is -1.75. The van der Waals surface area contributed by atoms with Crippen LogP contribution in [0.1, 0.15) is 0 Å². The van der Waals surface area contributed by atoms with Crippen LogP contribution in [0, 0.1) is 0 Å². The highest BCUT2D eigenvalue weighted by molar-refractivity contribution is 6.30. The topological polar surface area (TPSA) is 0 Å². The molecule has 0 atom stereocenters. The van der Waals surface area contributed by atoms with Crippen LogP contribution in [0.5, 0.6) is 0 Å². The van der Waals surface area contributed by atoms with Gasteiger partial charge in [0.15, 0.2) is 0 Å². The molecule has 0 N–H and O–H groups in total. The van der Waals surface area contributed by atoms with E-state index in [1.54, 1.807) is 0 Å². The molecule has 1 aromatic rings. The molecule has 0 heterocycles. The molecule has 0 aliphatic heterocycles. The molecule has 0 amide bonds. The molecule has 0 fully saturated rings. The van der Waals surface area contributed by atoms with E-state index in [1.165, 1.54) is 0 Å². The Morgan fingerprint density at radius 3 is 1.70 bits per heavy atom. The van der Waals surface area contributed by atoms with Crippen molar-refractivity contribution in [1.82, 2.24) is 0 Å². The molecule has 0 bridgehead atoms. The van der Waals surface area contributed by atoms with Crippen LogP contribution in [-0.4, -0.2) is 6.93 Å². The van der Waals surface area contributed by atoms with Crippen molar-refractivity contribution < 1.29 is 8.78 Å². The van der Waals surface area contributed by atoms with E-state index in [9.17, 15) is 8.78 Å². The molecule has 0 saturated carbocycles. The van der Waals surface area contributed by atoms with Crippen LogP contribution in [0.2, 0.25) is 5.02 Å². The van der Waals surface area contributed by atoms with Crippen molar-refractivity contribution in [1.29, 1.82) is 0 Å². The molecule has 10 heavy (non-hydrogen) atoms. The summed E-state index contributed by atoms with van der Waals surface area (Å²) in [5, 5.41) is 0.794. The highest BCUT2D eigenvalue weighted by atomic mass is 35.5. The second-order valence-corrected chi connectivity index (χ2v) is 1.83. The van der Waals surface area contributed by atoms with Crippen molar-refractivity contribution in [3.8, 4) is 0 Å². The Kier molecular flexibility index (Phi) is 6.08. The van der Waals surface area contributed by atoms with Gasteiger partial charge in [0, 0.05) is 5.02 Å². The molecule has 0 aliphatic carbocycles. The normalized spacial score (nSPS) is 7.90. The molecule has 0 radical (unpaired) electrons. The first kappa shape index (κ1) is 9.37. The van der Waals surface area contributed by atoms with Crippen molar-refractivity contribution in [2.45, 2.75) is 0 Å². The van der Waals surface area contributed by atoms with Gasteiger partial charge in [0.05, 0.1) is 0 Å². The van der Waals surface area contributed by atoms with Crippen molar-refractivity contribution in [3.63, 3.8) is 0 Å². The molecule has 1 rings (SSSR count). The van der Waals surface area contributed by atoms with Gasteiger partial charge in [-0.05, 0) is 12.1 Å². The van der Waals surface area contributed by atoms with Gasteiger partial charge in [-0.3, -0.25) is 0 Å². The summed E-state index contributed by atoms with van der Waals surface area (Å²) in [7, 11) is 0. The second kappa shape index (κ2) is 6.49. The lowest BCUT2D eigenvalue weighted by atomic mass is 10.4. The van der Waals surface area contributed by atoms with E-state index in [0.29, 0.717) is 0 Å². The summed E-state index contributed by atoms with van der Waals surface area (Å²) in [5.41, 5.74) is 0. The van der Waals surface area contributed by atoms with Crippen molar-refractivity contribution in [2.75, 3.05) is 6.93 Å². The zero-order chi connectivity index (χ0) is 7.82. The highest BCUT2D eigenvalue weighted by Crippen LogP contribution is 2.03. The van der Waals surface area contributed by atoms with Crippen LogP contribution in [0.15, 0.2) is 30.3 Å². The number of hydrogen-bond acceptors (Lipinski definition) is 0. The van der Waals surface area contributed by atoms with Crippen LogP contribution in [0.25, 0.3) is 0 Å². The fraction of sp³-hybridized carbons (Fsp3) is 0.143. The molecule has 0 aliphatic rings. The average Bonchev–Trinajstić information content (AvgIpc) is 1.91. The Morgan fingerprint density at radius 1 is 1.10 bits per heavy atom. The van der Waals surface area contributed by atoms with Gasteiger partial charge in [0.1, 0.15) is 0 Å². The largest absolute Gasteiger partial charge is 0.229 e. The Bertz CT molecular complexity index is 153. The first-order valence-corrected chi connectivity index (χ1v) is 3.01. The summed E-state index contributed by atoms with van der Waals surface area (Å²) in [6, 6.07) is 9.44. The summed E-state index contributed by atoms with van der Waals surface area (Å²) in [5.74, 6) is 0. The number of benzene rings is 1. The molecular formula is C7H7ClF2. The number of alkyl halides is 2. The molecule has 56 valence electrons. The smallest absolute Gasteiger partial charge is 0.214 e. The molecule has 0 saturated heterocycles. The molecular weight excluding hydrogens is 158 g/mol. The Balaban J connectivity index is 0.000000236. The predicted molar refractivity (Wildman–Crippen MR) is 38.5 cm³/mol. The van der Waals surface area contributed by atoms with Crippen molar-refractivity contribution >= 4 is 11.6 Å². The quantitative estimate of drug-likeness (QED) is 0.552. The SMILES string of the molecule is Clc1ccccc1.FCF. The summed E-state index contributed by atoms with van der Waals surface area (Å²) in [6.07, 6.45) is 0. The monoisotopic (exact) mass is 164 g/mol. The average molecular weight is 165 g/mol. The standard InChI is InChI=1S/C6H5Cl.CH2F2/c7-6-4-2-1-3-5-6;2-1-3/h1-5H;1H2. The Labute approximate surface area is 63.4 Å². The lowest BCUT2D eigenvalue weighted by molar-refractivity contribution is 0.295. The van der Waals surface area contributed by atoms with E-state index in [-0.39, 0.29) is 0 Å². The molecule has 0 nitrogen and oxygen atoms in total. The minimum absolute atomic E-state index is 0.794. The zero-order valence-corrected chi connectivity index (χ0v) is 5.98. The molecule has 0 unspecified atom stereocenters. The fourth-order valence-electron chi connectivity index (χ4n) is 0.415. The van der Waals surface area contributed by atoms with Crippen molar-refractivity contribution in [3.05, 3.63) is 35.4 Å². The predicted octanol–water partition coefficient (Wildman–Crippen LogP) is 3.22. The van der Waals surface area contributed by atoms with E-state index in [2.05, 4.69) is 0 Å². The van der Waals surface area contributed by atoms with Gasteiger partial charge in [-0.25, -0.2) is 8.78 Å². The van der Waals surface area contributed by atoms with Gasteiger partial charge < -0.3 is 0 Å². The lowest BCUT2D eigenvalue weighted by Crippen LogP contribution is -1.55. The minimum atomic E-state index is -1.75. The maximum atomic E-state index is 9.62. The third-order valence-electron chi connectivity index (χ3n) is 0.733. The number of hydrogen-bond donors (Lipinski definition) is 0. The first-order valence-electron chi connectivity index (χ1n) is 2.63. The van der Waals surface area contributed by atoms with E-state index >= 15 is 0 Å². The highest BCUT2D eigenvalue weighted by Gasteiger charge is 1.74. The van der Waals surface area contributed by atoms with Crippen LogP contribution >= 0.6 is 11.6 Å². The number of rotatable bonds is 0. The molecule has 0 spiro atoms. The Morgan fingerprint density at radius 2 is 1.50 bits per heavy atom. The van der Waals surface area contributed by atoms with E-state index in [1.807, 2.05) is 30.3 Å². The Hall–Kier alpha value is -0.630. The number of halogens is 3. The maximum absolute atomic E-state index is 9.62. The third-order valence-corrected chi connectivity index (χ3v) is 0.985. The van der Waals surface area contributed by atoms with Crippen LogP contribution < -0.4 is 0 Å². The van der Waals surface area contributed by atoms with Gasteiger partial charge in [0.25, 0.3) is 0 Å². The van der Waals surface area contributed by atoms with Crippen LogP contribution in [-0.2, 0) is 0 Å². The van der Waals surface area contributed by atoms with E-state index in [4.69, 9.17) is 11.6 Å². The maximum Gasteiger partial charge on any atom is 0.229 e. The van der Waals surface area contributed by atoms with E-state index in [0.717, 1.165) is 5.02 Å². The van der Waals surface area contributed by atoms with Crippen LogP contribution in [0.4, 0.5) is 8.78 Å². The van der Waals surface area contributed by atoms with Gasteiger partial charge in [-0.2, -0.15) is 0 Å². The van der Waals surface area contributed by atoms with Gasteiger partial charge >= 0.3 is 0 Å². The fourth-order valence-corrected chi connectivity index (χ4v) is 0.560. The zero-order valence-electron chi connectivity index (χ0n) is 5.23. The van der Waals surface area contributed by atoms with Crippen LogP contribution in [0.3, 0.4) is 0 Å².